The number of rotatable bonds is 5. The summed E-state index contributed by atoms with van der Waals surface area (Å²) in [6.45, 7) is 6.27. The van der Waals surface area contributed by atoms with Crippen molar-refractivity contribution in [3.05, 3.63) is 58.7 Å². The van der Waals surface area contributed by atoms with Crippen LogP contribution in [0.15, 0.2) is 52.0 Å². The molecule has 0 saturated heterocycles. The van der Waals surface area contributed by atoms with Gasteiger partial charge in [-0.3, -0.25) is 15.0 Å². The summed E-state index contributed by atoms with van der Waals surface area (Å²) in [4.78, 5) is 16.2. The van der Waals surface area contributed by atoms with E-state index in [0.29, 0.717) is 5.88 Å². The van der Waals surface area contributed by atoms with E-state index in [0.717, 1.165) is 23.3 Å². The molecular weight excluding hydrogens is 336 g/mol. The van der Waals surface area contributed by atoms with Gasteiger partial charge in [0, 0.05) is 23.9 Å². The van der Waals surface area contributed by atoms with Crippen molar-refractivity contribution >= 4 is 28.6 Å². The van der Waals surface area contributed by atoms with Crippen LogP contribution in [0.2, 0.25) is 0 Å². The molecule has 0 aliphatic carbocycles. The van der Waals surface area contributed by atoms with E-state index in [4.69, 9.17) is 4.52 Å². The highest BCUT2D eigenvalue weighted by Gasteiger charge is 2.23. The van der Waals surface area contributed by atoms with E-state index in [1.54, 1.807) is 18.5 Å². The van der Waals surface area contributed by atoms with Crippen molar-refractivity contribution in [2.75, 3.05) is 5.32 Å². The van der Waals surface area contributed by atoms with Crippen LogP contribution in [0, 0.1) is 0 Å². The van der Waals surface area contributed by atoms with E-state index in [1.807, 2.05) is 23.6 Å². The maximum atomic E-state index is 12.2. The monoisotopic (exact) mass is 358 g/mol. The molecule has 3 heterocycles. The van der Waals surface area contributed by atoms with E-state index in [-0.39, 0.29) is 11.4 Å². The van der Waals surface area contributed by atoms with Crippen molar-refractivity contribution in [1.29, 1.82) is 0 Å². The van der Waals surface area contributed by atoms with Gasteiger partial charge in [-0.05, 0) is 46.6 Å². The normalized spacial score (nSPS) is 18.0. The Morgan fingerprint density at radius 1 is 1.32 bits per heavy atom. The largest absolute Gasteiger partial charge is 0.338 e. The minimum absolute atomic E-state index is 0.0830. The lowest BCUT2D eigenvalue weighted by molar-refractivity contribution is 0.256. The van der Waals surface area contributed by atoms with Gasteiger partial charge in [0.15, 0.2) is 0 Å². The average molecular weight is 358 g/mol. The summed E-state index contributed by atoms with van der Waals surface area (Å²) in [5.41, 5.74) is 2.91. The Labute approximate surface area is 149 Å². The third-order valence-corrected chi connectivity index (χ3v) is 5.75. The van der Waals surface area contributed by atoms with Crippen molar-refractivity contribution < 1.29 is 9.32 Å². The standard InChI is InChI=1S/C18H22N4O2S/c1-4-18(2,3)15-11-16(24-21-15)20-17(23)22-25-10-7-14(12-25)13-5-8-19-9-6-13/h5-12,25H,4H2,1-3H3,(H2,20,22,23). The van der Waals surface area contributed by atoms with Gasteiger partial charge in [-0.15, -0.1) is 11.1 Å². The van der Waals surface area contributed by atoms with E-state index >= 15 is 0 Å². The molecule has 0 fully saturated rings. The van der Waals surface area contributed by atoms with Gasteiger partial charge in [0.1, 0.15) is 0 Å². The van der Waals surface area contributed by atoms with Gasteiger partial charge in [0.05, 0.1) is 5.69 Å². The average Bonchev–Trinajstić information content (AvgIpc) is 3.25. The lowest BCUT2D eigenvalue weighted by Gasteiger charge is -2.18. The fraction of sp³-hybridized carbons (Fsp3) is 0.278. The van der Waals surface area contributed by atoms with Gasteiger partial charge in [0.25, 0.3) is 0 Å². The predicted molar refractivity (Wildman–Crippen MR) is 102 cm³/mol. The Balaban J connectivity index is 1.59. The van der Waals surface area contributed by atoms with Gasteiger partial charge in [-0.1, -0.05) is 25.9 Å². The number of allylic oxidation sites excluding steroid dienone is 2. The maximum absolute atomic E-state index is 12.2. The minimum Gasteiger partial charge on any atom is -0.338 e. The molecule has 0 saturated carbocycles. The molecule has 1 unspecified atom stereocenters. The fourth-order valence-corrected chi connectivity index (χ4v) is 3.64. The zero-order valence-electron chi connectivity index (χ0n) is 14.5. The number of nitrogens with one attached hydrogen (secondary N) is 2. The molecule has 6 nitrogen and oxygen atoms in total. The summed E-state index contributed by atoms with van der Waals surface area (Å²) in [5, 5.41) is 10.8. The van der Waals surface area contributed by atoms with Gasteiger partial charge < -0.3 is 4.52 Å². The van der Waals surface area contributed by atoms with Crippen molar-refractivity contribution in [2.45, 2.75) is 32.6 Å². The molecule has 0 spiro atoms. The number of carbonyl (C=O) groups is 1. The summed E-state index contributed by atoms with van der Waals surface area (Å²) in [6.07, 6.45) is 6.45. The zero-order valence-corrected chi connectivity index (χ0v) is 15.4. The first-order valence-corrected chi connectivity index (χ1v) is 9.59. The Kier molecular flexibility index (Phi) is 4.94. The summed E-state index contributed by atoms with van der Waals surface area (Å²) >= 11 is -0.850. The molecule has 2 N–H and O–H groups in total. The first-order valence-electron chi connectivity index (χ1n) is 8.11. The number of pyridine rings is 1. The molecule has 2 amide bonds. The molecule has 1 aliphatic rings. The lowest BCUT2D eigenvalue weighted by Crippen LogP contribution is -2.24. The van der Waals surface area contributed by atoms with Crippen LogP contribution in [0.1, 0.15) is 38.4 Å². The number of amides is 2. The molecule has 132 valence electrons. The number of anilines is 1. The number of urea groups is 1. The van der Waals surface area contributed by atoms with Crippen LogP contribution in [0.4, 0.5) is 10.7 Å². The fourth-order valence-electron chi connectivity index (χ4n) is 2.27. The van der Waals surface area contributed by atoms with Crippen LogP contribution in [0.25, 0.3) is 5.57 Å². The number of nitrogens with zero attached hydrogens (tertiary/aromatic N) is 2. The highest BCUT2D eigenvalue weighted by atomic mass is 32.2. The number of hydrogen-bond donors (Lipinski definition) is 3. The van der Waals surface area contributed by atoms with E-state index < -0.39 is 11.1 Å². The summed E-state index contributed by atoms with van der Waals surface area (Å²) < 4.78 is 8.16. The first kappa shape index (κ1) is 17.3. The molecule has 25 heavy (non-hydrogen) atoms. The molecular formula is C18H22N4O2S. The number of hydrogen-bond acceptors (Lipinski definition) is 4. The van der Waals surface area contributed by atoms with Crippen molar-refractivity contribution in [2.24, 2.45) is 0 Å². The quantitative estimate of drug-likeness (QED) is 0.694. The van der Waals surface area contributed by atoms with Crippen LogP contribution < -0.4 is 10.0 Å². The van der Waals surface area contributed by atoms with Gasteiger partial charge >= 0.3 is 6.03 Å². The van der Waals surface area contributed by atoms with Crippen LogP contribution in [-0.2, 0) is 5.41 Å². The molecule has 0 radical (unpaired) electrons. The molecule has 1 atom stereocenters. The van der Waals surface area contributed by atoms with Crippen LogP contribution >= 0.6 is 11.1 Å². The van der Waals surface area contributed by atoms with Gasteiger partial charge in [-0.25, -0.2) is 4.79 Å². The van der Waals surface area contributed by atoms with Gasteiger partial charge in [-0.2, -0.15) is 0 Å². The molecule has 2 aromatic rings. The Morgan fingerprint density at radius 2 is 2.08 bits per heavy atom. The van der Waals surface area contributed by atoms with Crippen molar-refractivity contribution in [3.63, 3.8) is 0 Å². The topological polar surface area (TPSA) is 80.0 Å². The number of thiol groups is 1. The maximum Gasteiger partial charge on any atom is 0.330 e. The molecule has 0 bridgehead atoms. The summed E-state index contributed by atoms with van der Waals surface area (Å²) in [7, 11) is 0. The summed E-state index contributed by atoms with van der Waals surface area (Å²) in [6, 6.07) is 5.36. The second-order valence-electron chi connectivity index (χ2n) is 6.42. The highest BCUT2D eigenvalue weighted by Crippen LogP contribution is 2.36. The minimum atomic E-state index is -0.850. The second-order valence-corrected chi connectivity index (χ2v) is 8.02. The van der Waals surface area contributed by atoms with Crippen LogP contribution in [0.3, 0.4) is 0 Å². The lowest BCUT2D eigenvalue weighted by atomic mass is 9.87. The zero-order chi connectivity index (χ0) is 17.9. The molecule has 1 aliphatic heterocycles. The Hall–Kier alpha value is -2.54. The molecule has 0 aromatic carbocycles. The smallest absolute Gasteiger partial charge is 0.330 e. The highest BCUT2D eigenvalue weighted by molar-refractivity contribution is 8.21. The van der Waals surface area contributed by atoms with E-state index in [1.165, 1.54) is 0 Å². The predicted octanol–water partition coefficient (Wildman–Crippen LogP) is 4.36. The van der Waals surface area contributed by atoms with Crippen molar-refractivity contribution in [1.82, 2.24) is 14.9 Å². The molecule has 2 aromatic heterocycles. The third-order valence-electron chi connectivity index (χ3n) is 4.26. The Bertz CT molecular complexity index is 811. The van der Waals surface area contributed by atoms with E-state index in [9.17, 15) is 4.79 Å². The second kappa shape index (κ2) is 7.14. The van der Waals surface area contributed by atoms with Crippen LogP contribution in [-0.4, -0.2) is 16.2 Å². The Morgan fingerprint density at radius 3 is 2.80 bits per heavy atom. The molecule has 3 rings (SSSR count). The third kappa shape index (κ3) is 4.11. The first-order chi connectivity index (χ1) is 12.0. The number of aromatic nitrogens is 2. The van der Waals surface area contributed by atoms with Gasteiger partial charge in [0.2, 0.25) is 5.88 Å². The van der Waals surface area contributed by atoms with Crippen molar-refractivity contribution in [3.8, 4) is 0 Å². The van der Waals surface area contributed by atoms with Crippen LogP contribution in [0.5, 0.6) is 0 Å². The summed E-state index contributed by atoms with van der Waals surface area (Å²) in [5.74, 6) is 0.352. The molecule has 7 heteroatoms. The number of carbonyl (C=O) groups excluding carboxylic acids is 1. The SMILES string of the molecule is CCC(C)(C)c1cc(NC(=O)N[SH]2C=CC(c3ccncc3)=C2)on1. The van der Waals surface area contributed by atoms with E-state index in [2.05, 4.69) is 46.4 Å².